The van der Waals surface area contributed by atoms with Crippen LogP contribution in [0.2, 0.25) is 0 Å². The van der Waals surface area contributed by atoms with Crippen molar-refractivity contribution >= 4 is 12.4 Å². The van der Waals surface area contributed by atoms with Crippen LogP contribution in [0, 0.1) is 5.82 Å². The molecule has 3 heteroatoms. The molecule has 6 rings (SSSR count). The fraction of sp³-hybridized carbons (Fsp3) is 0.0833. The Hall–Kier alpha value is -4.60. The monoisotopic (exact) mass is 508 g/mol. The Kier molecular flexibility index (Phi) is 6.52. The molecule has 0 amide bonds. The topological polar surface area (TPSA) is 24.4 Å². The molecule has 39 heavy (non-hydrogen) atoms. The summed E-state index contributed by atoms with van der Waals surface area (Å²) in [4.78, 5) is 4.66. The van der Waals surface area contributed by atoms with Crippen LogP contribution in [-0.2, 0) is 12.0 Å². The average Bonchev–Trinajstić information content (AvgIpc) is 3.34. The zero-order valence-electron chi connectivity index (χ0n) is 21.9. The standard InChI is InChI=1S/C36H29FN2/c1-38-35(33-24-27-18-12-13-21-32(27)36(33,39-2)29-19-10-5-11-20-29)28-22-30(25-14-6-3-7-15-25)34(37)31(23-28)26-16-8-4-9-17-26/h3-23,39H,1,24H2,2H3/b35-33-. The van der Waals surface area contributed by atoms with Gasteiger partial charge < -0.3 is 5.32 Å². The summed E-state index contributed by atoms with van der Waals surface area (Å²) in [7, 11) is 1.99. The van der Waals surface area contributed by atoms with Gasteiger partial charge in [-0.3, -0.25) is 4.99 Å². The Bertz CT molecular complexity index is 1610. The van der Waals surface area contributed by atoms with E-state index in [2.05, 4.69) is 65.6 Å². The van der Waals surface area contributed by atoms with Gasteiger partial charge in [0.2, 0.25) is 0 Å². The zero-order chi connectivity index (χ0) is 26.8. The summed E-state index contributed by atoms with van der Waals surface area (Å²) >= 11 is 0. The van der Waals surface area contributed by atoms with E-state index in [1.807, 2.05) is 85.9 Å². The predicted molar refractivity (Wildman–Crippen MR) is 160 cm³/mol. The van der Waals surface area contributed by atoms with Gasteiger partial charge in [0, 0.05) is 16.7 Å². The van der Waals surface area contributed by atoms with Crippen LogP contribution in [0.15, 0.2) is 138 Å². The number of fused-ring (bicyclic) bond motifs is 1. The van der Waals surface area contributed by atoms with Gasteiger partial charge in [0.05, 0.1) is 11.2 Å². The molecule has 190 valence electrons. The highest BCUT2D eigenvalue weighted by Crippen LogP contribution is 2.49. The second kappa shape index (κ2) is 10.3. The first kappa shape index (κ1) is 24.7. The van der Waals surface area contributed by atoms with E-state index in [0.29, 0.717) is 17.5 Å². The van der Waals surface area contributed by atoms with E-state index in [1.54, 1.807) is 0 Å². The fourth-order valence-corrected chi connectivity index (χ4v) is 6.01. The molecule has 0 aliphatic heterocycles. The van der Waals surface area contributed by atoms with Crippen LogP contribution < -0.4 is 5.32 Å². The number of halogens is 1. The first-order valence-corrected chi connectivity index (χ1v) is 13.2. The van der Waals surface area contributed by atoms with E-state index in [0.717, 1.165) is 33.5 Å². The number of nitrogens with one attached hydrogen (secondary N) is 1. The molecule has 0 bridgehead atoms. The minimum atomic E-state index is -0.595. The lowest BCUT2D eigenvalue weighted by atomic mass is 9.79. The molecular weight excluding hydrogens is 479 g/mol. The van der Waals surface area contributed by atoms with Gasteiger partial charge in [-0.2, -0.15) is 0 Å². The van der Waals surface area contributed by atoms with Crippen molar-refractivity contribution in [2.75, 3.05) is 7.05 Å². The van der Waals surface area contributed by atoms with Gasteiger partial charge in [-0.1, -0.05) is 115 Å². The maximum atomic E-state index is 16.2. The van der Waals surface area contributed by atoms with E-state index in [9.17, 15) is 0 Å². The highest BCUT2D eigenvalue weighted by molar-refractivity contribution is 5.84. The lowest BCUT2D eigenvalue weighted by Gasteiger charge is -2.34. The van der Waals surface area contributed by atoms with E-state index >= 15 is 4.39 Å². The van der Waals surface area contributed by atoms with Crippen molar-refractivity contribution in [3.05, 3.63) is 161 Å². The lowest BCUT2D eigenvalue weighted by molar-refractivity contribution is 0.528. The molecule has 1 aliphatic rings. The van der Waals surface area contributed by atoms with Gasteiger partial charge in [-0.15, -0.1) is 0 Å². The molecule has 1 aliphatic carbocycles. The molecule has 0 radical (unpaired) electrons. The number of hydrogen-bond acceptors (Lipinski definition) is 2. The molecule has 1 unspecified atom stereocenters. The number of nitrogens with zero attached hydrogens (tertiary/aromatic N) is 1. The first-order chi connectivity index (χ1) is 19.2. The minimum absolute atomic E-state index is 0.248. The smallest absolute Gasteiger partial charge is 0.138 e. The molecule has 1 atom stereocenters. The number of likely N-dealkylation sites (N-methyl/N-ethyl adjacent to an activating group) is 1. The molecule has 0 fully saturated rings. The first-order valence-electron chi connectivity index (χ1n) is 13.2. The number of hydrogen-bond donors (Lipinski definition) is 1. The largest absolute Gasteiger partial charge is 0.303 e. The Morgan fingerprint density at radius 2 is 1.26 bits per heavy atom. The van der Waals surface area contributed by atoms with Crippen LogP contribution in [0.4, 0.5) is 4.39 Å². The third-order valence-electron chi connectivity index (χ3n) is 7.78. The van der Waals surface area contributed by atoms with Gasteiger partial charge in [-0.25, -0.2) is 4.39 Å². The Morgan fingerprint density at radius 1 is 0.744 bits per heavy atom. The predicted octanol–water partition coefficient (Wildman–Crippen LogP) is 8.29. The Labute approximate surface area is 229 Å². The molecule has 0 saturated carbocycles. The molecule has 0 heterocycles. The van der Waals surface area contributed by atoms with Gasteiger partial charge in [-0.05, 0) is 65.7 Å². The second-order valence-corrected chi connectivity index (χ2v) is 9.80. The van der Waals surface area contributed by atoms with Gasteiger partial charge >= 0.3 is 0 Å². The fourth-order valence-electron chi connectivity index (χ4n) is 6.01. The zero-order valence-corrected chi connectivity index (χ0v) is 21.9. The second-order valence-electron chi connectivity index (χ2n) is 9.80. The summed E-state index contributed by atoms with van der Waals surface area (Å²) in [6.45, 7) is 4.04. The lowest BCUT2D eigenvalue weighted by Crippen LogP contribution is -2.41. The SMILES string of the molecule is C=N/C(=C1/Cc2ccccc2C1(NC)c1ccccc1)c1cc(-c2ccccc2)c(F)c(-c2ccccc2)c1. The van der Waals surface area contributed by atoms with Crippen LogP contribution in [-0.4, -0.2) is 13.8 Å². The third-order valence-corrected chi connectivity index (χ3v) is 7.78. The molecule has 5 aromatic rings. The van der Waals surface area contributed by atoms with Crippen molar-refractivity contribution in [1.29, 1.82) is 0 Å². The maximum Gasteiger partial charge on any atom is 0.138 e. The van der Waals surface area contributed by atoms with E-state index in [-0.39, 0.29) is 5.82 Å². The summed E-state index contributed by atoms with van der Waals surface area (Å²) in [5.74, 6) is -0.248. The van der Waals surface area contributed by atoms with E-state index in [1.165, 1.54) is 11.1 Å². The normalized spacial score (nSPS) is 17.5. The average molecular weight is 509 g/mol. The van der Waals surface area contributed by atoms with E-state index < -0.39 is 5.54 Å². The van der Waals surface area contributed by atoms with Gasteiger partial charge in [0.1, 0.15) is 5.82 Å². The molecular formula is C36H29FN2. The highest BCUT2D eigenvalue weighted by Gasteiger charge is 2.45. The number of aliphatic imine (C=N–C) groups is 1. The van der Waals surface area contributed by atoms with Gasteiger partial charge in [0.15, 0.2) is 0 Å². The van der Waals surface area contributed by atoms with Crippen LogP contribution in [0.25, 0.3) is 28.0 Å². The summed E-state index contributed by atoms with van der Waals surface area (Å²) in [5.41, 5.74) is 8.38. The molecule has 2 nitrogen and oxygen atoms in total. The van der Waals surface area contributed by atoms with Gasteiger partial charge in [0.25, 0.3) is 0 Å². The number of benzene rings is 5. The highest BCUT2D eigenvalue weighted by atomic mass is 19.1. The summed E-state index contributed by atoms with van der Waals surface area (Å²) in [5, 5.41) is 3.67. The quantitative estimate of drug-likeness (QED) is 0.229. The molecule has 1 N–H and O–H groups in total. The van der Waals surface area contributed by atoms with Crippen molar-refractivity contribution in [3.8, 4) is 22.3 Å². The Morgan fingerprint density at radius 3 is 1.79 bits per heavy atom. The van der Waals surface area contributed by atoms with E-state index in [4.69, 9.17) is 0 Å². The summed E-state index contributed by atoms with van der Waals surface area (Å²) in [6, 6.07) is 42.2. The van der Waals surface area contributed by atoms with Crippen molar-refractivity contribution < 1.29 is 4.39 Å². The minimum Gasteiger partial charge on any atom is -0.303 e. The molecule has 0 aromatic heterocycles. The van der Waals surface area contributed by atoms with Crippen LogP contribution >= 0.6 is 0 Å². The van der Waals surface area contributed by atoms with Crippen LogP contribution in [0.5, 0.6) is 0 Å². The summed E-state index contributed by atoms with van der Waals surface area (Å²) < 4.78 is 16.2. The molecule has 5 aromatic carbocycles. The van der Waals surface area contributed by atoms with Crippen molar-refractivity contribution in [3.63, 3.8) is 0 Å². The van der Waals surface area contributed by atoms with Crippen molar-refractivity contribution in [2.45, 2.75) is 12.0 Å². The molecule has 0 saturated heterocycles. The Balaban J connectivity index is 1.67. The number of rotatable bonds is 6. The third kappa shape index (κ3) is 4.12. The van der Waals surface area contributed by atoms with Crippen molar-refractivity contribution in [2.24, 2.45) is 4.99 Å². The van der Waals surface area contributed by atoms with Crippen LogP contribution in [0.3, 0.4) is 0 Å². The summed E-state index contributed by atoms with van der Waals surface area (Å²) in [6.07, 6.45) is 0.707. The van der Waals surface area contributed by atoms with Crippen molar-refractivity contribution in [1.82, 2.24) is 5.32 Å². The van der Waals surface area contributed by atoms with Crippen LogP contribution in [0.1, 0.15) is 22.3 Å². The molecule has 0 spiro atoms. The maximum absolute atomic E-state index is 16.2.